The zero-order valence-corrected chi connectivity index (χ0v) is 14.6. The molecule has 0 saturated carbocycles. The lowest BCUT2D eigenvalue weighted by Gasteiger charge is -2.34. The van der Waals surface area contributed by atoms with E-state index in [0.717, 1.165) is 60.8 Å². The average Bonchev–Trinajstić information content (AvgIpc) is 3.30. The molecule has 1 fully saturated rings. The minimum Gasteiger partial charge on any atom is -0.441 e. The zero-order valence-electron chi connectivity index (χ0n) is 12.9. The number of hydrogen-bond acceptors (Lipinski definition) is 7. The molecule has 0 amide bonds. The fraction of sp³-hybridized carbons (Fsp3) is 0.375. The Hall–Kier alpha value is -1.70. The summed E-state index contributed by atoms with van der Waals surface area (Å²) in [4.78, 5) is 13.9. The van der Waals surface area contributed by atoms with Gasteiger partial charge in [-0.25, -0.2) is 9.97 Å². The number of oxazole rings is 1. The molecule has 0 aliphatic carbocycles. The lowest BCUT2D eigenvalue weighted by atomic mass is 10.3. The molecule has 4 rings (SSSR count). The maximum atomic E-state index is 5.83. The van der Waals surface area contributed by atoms with E-state index in [1.54, 1.807) is 22.7 Å². The van der Waals surface area contributed by atoms with Crippen LogP contribution in [0.5, 0.6) is 0 Å². The van der Waals surface area contributed by atoms with Gasteiger partial charge in [-0.1, -0.05) is 0 Å². The number of rotatable bonds is 4. The molecule has 0 aromatic carbocycles. The Balaban J connectivity index is 1.40. The van der Waals surface area contributed by atoms with Gasteiger partial charge >= 0.3 is 0 Å². The van der Waals surface area contributed by atoms with Crippen LogP contribution in [0.4, 0.5) is 5.13 Å². The Morgan fingerprint density at radius 2 is 2.09 bits per heavy atom. The van der Waals surface area contributed by atoms with Crippen molar-refractivity contribution in [3.05, 3.63) is 39.9 Å². The molecule has 0 spiro atoms. The highest BCUT2D eigenvalue weighted by Gasteiger charge is 2.21. The van der Waals surface area contributed by atoms with E-state index in [-0.39, 0.29) is 0 Å². The van der Waals surface area contributed by atoms with Gasteiger partial charge in [0.1, 0.15) is 5.76 Å². The molecule has 1 saturated heterocycles. The summed E-state index contributed by atoms with van der Waals surface area (Å²) in [6, 6.07) is 2.05. The summed E-state index contributed by atoms with van der Waals surface area (Å²) < 4.78 is 5.83. The second kappa shape index (κ2) is 6.43. The van der Waals surface area contributed by atoms with Crippen molar-refractivity contribution >= 4 is 27.8 Å². The van der Waals surface area contributed by atoms with Gasteiger partial charge in [0, 0.05) is 55.2 Å². The molecule has 1 aliphatic rings. The minimum atomic E-state index is 0.736. The molecular weight excluding hydrogens is 328 g/mol. The van der Waals surface area contributed by atoms with E-state index >= 15 is 0 Å². The summed E-state index contributed by atoms with van der Waals surface area (Å²) >= 11 is 3.37. The third kappa shape index (κ3) is 3.17. The molecule has 0 N–H and O–H groups in total. The highest BCUT2D eigenvalue weighted by Crippen LogP contribution is 2.25. The zero-order chi connectivity index (χ0) is 15.6. The average molecular weight is 346 g/mol. The summed E-state index contributed by atoms with van der Waals surface area (Å²) in [5, 5.41) is 7.28. The predicted molar refractivity (Wildman–Crippen MR) is 94.2 cm³/mol. The maximum Gasteiger partial charge on any atom is 0.227 e. The Morgan fingerprint density at radius 3 is 2.78 bits per heavy atom. The van der Waals surface area contributed by atoms with Crippen LogP contribution in [0.1, 0.15) is 11.5 Å². The number of thiophene rings is 1. The van der Waals surface area contributed by atoms with Crippen LogP contribution in [0, 0.1) is 6.92 Å². The van der Waals surface area contributed by atoms with Crippen LogP contribution in [0.2, 0.25) is 0 Å². The fourth-order valence-electron chi connectivity index (χ4n) is 2.77. The summed E-state index contributed by atoms with van der Waals surface area (Å²) in [7, 11) is 0. The van der Waals surface area contributed by atoms with Crippen molar-refractivity contribution in [3.63, 3.8) is 0 Å². The second-order valence-electron chi connectivity index (χ2n) is 5.61. The van der Waals surface area contributed by atoms with Gasteiger partial charge in [-0.3, -0.25) is 4.90 Å². The van der Waals surface area contributed by atoms with Crippen LogP contribution >= 0.6 is 22.7 Å². The first-order chi connectivity index (χ1) is 11.3. The molecule has 7 heteroatoms. The summed E-state index contributed by atoms with van der Waals surface area (Å²) in [5.74, 6) is 1.66. The molecule has 0 bridgehead atoms. The summed E-state index contributed by atoms with van der Waals surface area (Å²) in [6.07, 6.45) is 1.87. The molecule has 4 heterocycles. The van der Waals surface area contributed by atoms with Crippen molar-refractivity contribution < 1.29 is 4.42 Å². The molecule has 3 aromatic rings. The van der Waals surface area contributed by atoms with Gasteiger partial charge in [-0.05, 0) is 18.4 Å². The van der Waals surface area contributed by atoms with Crippen LogP contribution in [0.3, 0.4) is 0 Å². The number of aromatic nitrogens is 2. The van der Waals surface area contributed by atoms with E-state index in [1.807, 2.05) is 29.9 Å². The topological polar surface area (TPSA) is 45.4 Å². The number of aryl methyl sites for hydroxylation is 1. The number of nitrogens with zero attached hydrogens (tertiary/aromatic N) is 4. The first-order valence-corrected chi connectivity index (χ1v) is 9.47. The highest BCUT2D eigenvalue weighted by molar-refractivity contribution is 7.13. The monoisotopic (exact) mass is 346 g/mol. The van der Waals surface area contributed by atoms with E-state index in [2.05, 4.69) is 25.1 Å². The summed E-state index contributed by atoms with van der Waals surface area (Å²) in [6.45, 7) is 6.94. The second-order valence-corrected chi connectivity index (χ2v) is 7.26. The Labute approximate surface area is 143 Å². The number of thiazole rings is 1. The Morgan fingerprint density at radius 1 is 1.22 bits per heavy atom. The normalized spacial score (nSPS) is 16.1. The first kappa shape index (κ1) is 14.9. The van der Waals surface area contributed by atoms with Gasteiger partial charge in [-0.2, -0.15) is 11.3 Å². The molecule has 3 aromatic heterocycles. The molecule has 1 aliphatic heterocycles. The predicted octanol–water partition coefficient (Wildman–Crippen LogP) is 3.49. The van der Waals surface area contributed by atoms with Crippen LogP contribution in [0.15, 0.2) is 32.8 Å². The van der Waals surface area contributed by atoms with Gasteiger partial charge in [0.2, 0.25) is 5.89 Å². The van der Waals surface area contributed by atoms with Crippen LogP contribution in [0.25, 0.3) is 11.5 Å². The minimum absolute atomic E-state index is 0.736. The third-order valence-corrected chi connectivity index (χ3v) is 5.61. The van der Waals surface area contributed by atoms with Crippen LogP contribution in [-0.2, 0) is 6.54 Å². The maximum absolute atomic E-state index is 5.83. The third-order valence-electron chi connectivity index (χ3n) is 4.10. The molecule has 0 radical (unpaired) electrons. The molecule has 0 atom stereocenters. The van der Waals surface area contributed by atoms with Gasteiger partial charge in [-0.15, -0.1) is 11.3 Å². The van der Waals surface area contributed by atoms with Crippen molar-refractivity contribution in [1.82, 2.24) is 14.9 Å². The number of anilines is 1. The van der Waals surface area contributed by atoms with Crippen molar-refractivity contribution in [1.29, 1.82) is 0 Å². The van der Waals surface area contributed by atoms with Crippen LogP contribution < -0.4 is 4.90 Å². The number of hydrogen-bond donors (Lipinski definition) is 0. The van der Waals surface area contributed by atoms with Gasteiger partial charge < -0.3 is 9.32 Å². The van der Waals surface area contributed by atoms with Crippen LogP contribution in [-0.4, -0.2) is 41.0 Å². The lowest BCUT2D eigenvalue weighted by Crippen LogP contribution is -2.46. The van der Waals surface area contributed by atoms with Crippen molar-refractivity contribution in [2.75, 3.05) is 31.1 Å². The van der Waals surface area contributed by atoms with Crippen molar-refractivity contribution in [3.8, 4) is 11.5 Å². The van der Waals surface area contributed by atoms with E-state index in [1.165, 1.54) is 0 Å². The number of piperazine rings is 1. The Bertz CT molecular complexity index is 743. The quantitative estimate of drug-likeness (QED) is 0.723. The van der Waals surface area contributed by atoms with Gasteiger partial charge in [0.25, 0.3) is 0 Å². The smallest absolute Gasteiger partial charge is 0.227 e. The van der Waals surface area contributed by atoms with Crippen molar-refractivity contribution in [2.24, 2.45) is 0 Å². The molecule has 23 heavy (non-hydrogen) atoms. The first-order valence-electron chi connectivity index (χ1n) is 7.65. The van der Waals surface area contributed by atoms with E-state index in [9.17, 15) is 0 Å². The van der Waals surface area contributed by atoms with E-state index in [0.29, 0.717) is 0 Å². The SMILES string of the molecule is Cc1oc(-c2ccsc2)nc1CN1CCN(c2nccs2)CC1. The molecule has 5 nitrogen and oxygen atoms in total. The lowest BCUT2D eigenvalue weighted by molar-refractivity contribution is 0.246. The van der Waals surface area contributed by atoms with E-state index < -0.39 is 0 Å². The largest absolute Gasteiger partial charge is 0.441 e. The molecular formula is C16H18N4OS2. The van der Waals surface area contributed by atoms with E-state index in [4.69, 9.17) is 4.42 Å². The highest BCUT2D eigenvalue weighted by atomic mass is 32.1. The van der Waals surface area contributed by atoms with Gasteiger partial charge in [0.15, 0.2) is 5.13 Å². The van der Waals surface area contributed by atoms with Gasteiger partial charge in [0.05, 0.1) is 5.69 Å². The standard InChI is InChI=1S/C16H18N4OS2/c1-12-14(18-15(21-12)13-2-8-22-11-13)10-19-4-6-20(7-5-19)16-17-3-9-23-16/h2-3,8-9,11H,4-7,10H2,1H3. The van der Waals surface area contributed by atoms with Crippen molar-refractivity contribution in [2.45, 2.75) is 13.5 Å². The summed E-state index contributed by atoms with van der Waals surface area (Å²) in [5.41, 5.74) is 2.12. The molecule has 120 valence electrons. The fourth-order valence-corrected chi connectivity index (χ4v) is 4.09. The Kier molecular flexibility index (Phi) is 4.15. The molecule has 0 unspecified atom stereocenters.